The molecule has 0 unspecified atom stereocenters. The van der Waals surface area contributed by atoms with E-state index in [0.717, 1.165) is 7.11 Å². The Hall–Kier alpha value is -0.670. The van der Waals surface area contributed by atoms with Crippen LogP contribution >= 0.6 is 0 Å². The molecule has 9 heavy (non-hydrogen) atoms. The number of hydrogen-bond acceptors (Lipinski definition) is 1. The van der Waals surface area contributed by atoms with Crippen LogP contribution in [0, 0.1) is 0 Å². The molecule has 0 fully saturated rings. The molecule has 52 valence electrons. The fourth-order valence-electron chi connectivity index (χ4n) is 0.707. The molecule has 0 spiro atoms. The quantitative estimate of drug-likeness (QED) is 0.537. The van der Waals surface area contributed by atoms with Gasteiger partial charge in [-0.2, -0.15) is 8.78 Å². The van der Waals surface area contributed by atoms with Gasteiger partial charge in [0.2, 0.25) is 0 Å². The number of halogens is 3. The molecule has 0 atom stereocenters. The summed E-state index contributed by atoms with van der Waals surface area (Å²) >= 11 is 0. The highest BCUT2D eigenvalue weighted by atomic mass is 19.3. The topological polar surface area (TPSA) is 9.23 Å². The van der Waals surface area contributed by atoms with Crippen molar-refractivity contribution in [2.24, 2.45) is 0 Å². The molecule has 0 aromatic rings. The third-order valence-corrected chi connectivity index (χ3v) is 1.16. The number of rotatable bonds is 1. The molecule has 0 heterocycles. The lowest BCUT2D eigenvalue weighted by molar-refractivity contribution is -0.0519. The molecule has 0 N–H and O–H groups in total. The van der Waals surface area contributed by atoms with Crippen molar-refractivity contribution in [3.63, 3.8) is 0 Å². The van der Waals surface area contributed by atoms with E-state index in [2.05, 4.69) is 4.74 Å². The van der Waals surface area contributed by atoms with Crippen LogP contribution in [-0.4, -0.2) is 13.0 Å². The number of methoxy groups -OCH3 is 1. The van der Waals surface area contributed by atoms with Crippen molar-refractivity contribution in [1.29, 1.82) is 0 Å². The predicted octanol–water partition coefficient (Wildman–Crippen LogP) is 1.85. The Bertz CT molecular complexity index is 162. The van der Waals surface area contributed by atoms with E-state index in [-0.39, 0.29) is 0 Å². The number of hydrogen-bond donors (Lipinski definition) is 0. The maximum absolute atomic E-state index is 12.0. The van der Waals surface area contributed by atoms with Crippen LogP contribution in [0.15, 0.2) is 11.6 Å². The Balaban J connectivity index is 2.76. The number of ether oxygens (including phenoxy) is 1. The largest absolute Gasteiger partial charge is 0.493 e. The Labute approximate surface area is 50.1 Å². The Morgan fingerprint density at radius 2 is 2.11 bits per heavy atom. The highest BCUT2D eigenvalue weighted by molar-refractivity contribution is 5.23. The SMILES string of the molecule is COC1=C(F)CC1(F)F. The summed E-state index contributed by atoms with van der Waals surface area (Å²) < 4.78 is 40.1. The first-order valence-corrected chi connectivity index (χ1v) is 2.39. The van der Waals surface area contributed by atoms with Crippen LogP contribution in [0.5, 0.6) is 0 Å². The fourth-order valence-corrected chi connectivity index (χ4v) is 0.707. The summed E-state index contributed by atoms with van der Waals surface area (Å²) in [6.45, 7) is 0. The van der Waals surface area contributed by atoms with Gasteiger partial charge in [0.1, 0.15) is 0 Å². The molecular formula is C5H5F3O. The summed E-state index contributed by atoms with van der Waals surface area (Å²) in [5.74, 6) is -4.72. The predicted molar refractivity (Wildman–Crippen MR) is 24.7 cm³/mol. The maximum Gasteiger partial charge on any atom is 0.312 e. The molecule has 0 saturated heterocycles. The van der Waals surface area contributed by atoms with E-state index < -0.39 is 23.9 Å². The number of allylic oxidation sites excluding steroid dienone is 2. The molecule has 4 heteroatoms. The van der Waals surface area contributed by atoms with Gasteiger partial charge in [0, 0.05) is 0 Å². The molecule has 1 aliphatic rings. The Morgan fingerprint density at radius 1 is 1.56 bits per heavy atom. The first kappa shape index (κ1) is 6.45. The lowest BCUT2D eigenvalue weighted by atomic mass is 10.0. The average molecular weight is 138 g/mol. The minimum atomic E-state index is -3.06. The molecule has 0 amide bonds. The lowest BCUT2D eigenvalue weighted by Gasteiger charge is -2.26. The van der Waals surface area contributed by atoms with Crippen molar-refractivity contribution in [1.82, 2.24) is 0 Å². The fraction of sp³-hybridized carbons (Fsp3) is 0.600. The minimum Gasteiger partial charge on any atom is -0.493 e. The molecule has 0 saturated carbocycles. The van der Waals surface area contributed by atoms with E-state index in [1.807, 2.05) is 0 Å². The molecule has 0 radical (unpaired) electrons. The van der Waals surface area contributed by atoms with Crippen LogP contribution in [0.25, 0.3) is 0 Å². The molecule has 1 nitrogen and oxygen atoms in total. The van der Waals surface area contributed by atoms with Crippen LogP contribution in [0.4, 0.5) is 13.2 Å². The smallest absolute Gasteiger partial charge is 0.312 e. The van der Waals surface area contributed by atoms with E-state index in [4.69, 9.17) is 0 Å². The highest BCUT2D eigenvalue weighted by Gasteiger charge is 2.49. The van der Waals surface area contributed by atoms with Crippen molar-refractivity contribution < 1.29 is 17.9 Å². The van der Waals surface area contributed by atoms with Crippen LogP contribution in [0.3, 0.4) is 0 Å². The van der Waals surface area contributed by atoms with Gasteiger partial charge in [0.05, 0.1) is 13.5 Å². The molecule has 1 rings (SSSR count). The van der Waals surface area contributed by atoms with E-state index in [1.54, 1.807) is 0 Å². The summed E-state index contributed by atoms with van der Waals surface area (Å²) in [5.41, 5.74) is 0. The van der Waals surface area contributed by atoms with E-state index in [0.29, 0.717) is 0 Å². The van der Waals surface area contributed by atoms with Gasteiger partial charge in [-0.15, -0.1) is 0 Å². The van der Waals surface area contributed by atoms with E-state index in [1.165, 1.54) is 0 Å². The van der Waals surface area contributed by atoms with Gasteiger partial charge < -0.3 is 4.74 Å². The molecule has 0 aromatic heterocycles. The third-order valence-electron chi connectivity index (χ3n) is 1.16. The summed E-state index contributed by atoms with van der Waals surface area (Å²) in [7, 11) is 1.03. The standard InChI is InChI=1S/C5H5F3O/c1-9-4-3(6)2-5(4,7)8/h2H2,1H3. The van der Waals surface area contributed by atoms with E-state index in [9.17, 15) is 13.2 Å². The van der Waals surface area contributed by atoms with Gasteiger partial charge in [0.25, 0.3) is 0 Å². The zero-order chi connectivity index (χ0) is 7.07. The zero-order valence-electron chi connectivity index (χ0n) is 4.75. The third kappa shape index (κ3) is 0.781. The molecule has 0 aliphatic heterocycles. The lowest BCUT2D eigenvalue weighted by Crippen LogP contribution is -2.30. The first-order valence-electron chi connectivity index (χ1n) is 2.39. The molecule has 1 aliphatic carbocycles. The van der Waals surface area contributed by atoms with Crippen LogP contribution in [0.1, 0.15) is 6.42 Å². The number of alkyl halides is 2. The normalized spacial score (nSPS) is 23.6. The first-order chi connectivity index (χ1) is 4.08. The average Bonchev–Trinajstić information content (AvgIpc) is 1.63. The Kier molecular flexibility index (Phi) is 1.18. The minimum absolute atomic E-state index is 0.809. The summed E-state index contributed by atoms with van der Waals surface area (Å²) in [6.07, 6.45) is -0.809. The molecule has 0 bridgehead atoms. The van der Waals surface area contributed by atoms with Crippen molar-refractivity contribution >= 4 is 0 Å². The zero-order valence-corrected chi connectivity index (χ0v) is 4.75. The van der Waals surface area contributed by atoms with Gasteiger partial charge in [-0.1, -0.05) is 0 Å². The van der Waals surface area contributed by atoms with Crippen molar-refractivity contribution in [2.75, 3.05) is 7.11 Å². The van der Waals surface area contributed by atoms with Crippen molar-refractivity contribution in [3.05, 3.63) is 11.6 Å². The second-order valence-electron chi connectivity index (χ2n) is 1.82. The van der Waals surface area contributed by atoms with Crippen LogP contribution in [0.2, 0.25) is 0 Å². The van der Waals surface area contributed by atoms with Gasteiger partial charge in [-0.25, -0.2) is 4.39 Å². The van der Waals surface area contributed by atoms with Crippen LogP contribution < -0.4 is 0 Å². The summed E-state index contributed by atoms with van der Waals surface area (Å²) in [5, 5.41) is 0. The van der Waals surface area contributed by atoms with Crippen molar-refractivity contribution in [3.8, 4) is 0 Å². The monoisotopic (exact) mass is 138 g/mol. The second-order valence-corrected chi connectivity index (χ2v) is 1.82. The maximum atomic E-state index is 12.0. The highest BCUT2D eigenvalue weighted by Crippen LogP contribution is 2.43. The second kappa shape index (κ2) is 1.65. The van der Waals surface area contributed by atoms with Crippen LogP contribution in [-0.2, 0) is 4.74 Å². The van der Waals surface area contributed by atoms with Gasteiger partial charge in [-0.05, 0) is 0 Å². The van der Waals surface area contributed by atoms with E-state index >= 15 is 0 Å². The summed E-state index contributed by atoms with van der Waals surface area (Å²) in [4.78, 5) is 0. The van der Waals surface area contributed by atoms with Gasteiger partial charge in [-0.3, -0.25) is 0 Å². The van der Waals surface area contributed by atoms with Gasteiger partial charge >= 0.3 is 5.92 Å². The molecule has 0 aromatic carbocycles. The Morgan fingerprint density at radius 3 is 2.22 bits per heavy atom. The van der Waals surface area contributed by atoms with Gasteiger partial charge in [0.15, 0.2) is 11.6 Å². The molecular weight excluding hydrogens is 133 g/mol. The van der Waals surface area contributed by atoms with Crippen molar-refractivity contribution in [2.45, 2.75) is 12.3 Å². The summed E-state index contributed by atoms with van der Waals surface area (Å²) in [6, 6.07) is 0.